The van der Waals surface area contributed by atoms with E-state index in [2.05, 4.69) is 10.3 Å². The second-order valence-electron chi connectivity index (χ2n) is 3.48. The number of anilines is 1. The van der Waals surface area contributed by atoms with Crippen LogP contribution in [0.25, 0.3) is 0 Å². The predicted octanol–water partition coefficient (Wildman–Crippen LogP) is 0.579. The van der Waals surface area contributed by atoms with E-state index in [4.69, 9.17) is 0 Å². The minimum Gasteiger partial charge on any atom is -0.331 e. The van der Waals surface area contributed by atoms with Gasteiger partial charge >= 0.3 is 6.03 Å². The van der Waals surface area contributed by atoms with Gasteiger partial charge < -0.3 is 10.2 Å². The monoisotopic (exact) mass is 243 g/mol. The number of rotatable bonds is 2. The highest BCUT2D eigenvalue weighted by atomic mass is 32.2. The van der Waals surface area contributed by atoms with Crippen molar-refractivity contribution in [1.29, 1.82) is 0 Å². The van der Waals surface area contributed by atoms with Crippen LogP contribution in [-0.2, 0) is 9.84 Å². The lowest BCUT2D eigenvalue weighted by Crippen LogP contribution is -2.27. The Morgan fingerprint density at radius 3 is 2.38 bits per heavy atom. The standard InChI is InChI=1S/C9H13N3O3S/c1-12(2)9(13)11-7-4-5-8(10-6-7)16(3,14)15/h4-6H,1-3H3,(H,11,13). The number of sulfone groups is 1. The quantitative estimate of drug-likeness (QED) is 0.824. The SMILES string of the molecule is CN(C)C(=O)Nc1ccc(S(C)(=O)=O)nc1. The maximum atomic E-state index is 11.3. The van der Waals surface area contributed by atoms with Crippen molar-refractivity contribution in [2.75, 3.05) is 25.7 Å². The number of amides is 2. The van der Waals surface area contributed by atoms with E-state index in [0.717, 1.165) is 6.26 Å². The van der Waals surface area contributed by atoms with Crippen LogP contribution in [0.4, 0.5) is 10.5 Å². The van der Waals surface area contributed by atoms with Crippen molar-refractivity contribution in [2.24, 2.45) is 0 Å². The Morgan fingerprint density at radius 2 is 2.00 bits per heavy atom. The normalized spacial score (nSPS) is 10.9. The minimum atomic E-state index is -3.30. The van der Waals surface area contributed by atoms with Gasteiger partial charge in [0.2, 0.25) is 0 Å². The lowest BCUT2D eigenvalue weighted by molar-refractivity contribution is 0.230. The van der Waals surface area contributed by atoms with Gasteiger partial charge in [0.1, 0.15) is 0 Å². The summed E-state index contributed by atoms with van der Waals surface area (Å²) >= 11 is 0. The summed E-state index contributed by atoms with van der Waals surface area (Å²) in [6.07, 6.45) is 2.38. The van der Waals surface area contributed by atoms with E-state index < -0.39 is 9.84 Å². The molecule has 0 aliphatic carbocycles. The van der Waals surface area contributed by atoms with Gasteiger partial charge in [0, 0.05) is 20.4 Å². The van der Waals surface area contributed by atoms with Gasteiger partial charge in [0.15, 0.2) is 14.9 Å². The number of carbonyl (C=O) groups excluding carboxylic acids is 1. The number of urea groups is 1. The van der Waals surface area contributed by atoms with Crippen molar-refractivity contribution in [1.82, 2.24) is 9.88 Å². The highest BCUT2D eigenvalue weighted by molar-refractivity contribution is 7.90. The molecular formula is C9H13N3O3S. The van der Waals surface area contributed by atoms with E-state index in [-0.39, 0.29) is 11.1 Å². The Kier molecular flexibility index (Phi) is 3.48. The van der Waals surface area contributed by atoms with Crippen molar-refractivity contribution < 1.29 is 13.2 Å². The molecule has 6 nitrogen and oxygen atoms in total. The fourth-order valence-corrected chi connectivity index (χ4v) is 1.47. The molecule has 0 radical (unpaired) electrons. The van der Waals surface area contributed by atoms with Crippen LogP contribution in [0, 0.1) is 0 Å². The summed E-state index contributed by atoms with van der Waals surface area (Å²) in [5, 5.41) is 2.53. The fraction of sp³-hybridized carbons (Fsp3) is 0.333. The summed E-state index contributed by atoms with van der Waals surface area (Å²) in [4.78, 5) is 16.4. The molecule has 7 heteroatoms. The number of nitrogens with zero attached hydrogens (tertiary/aromatic N) is 2. The van der Waals surface area contributed by atoms with Crippen LogP contribution in [0.1, 0.15) is 0 Å². The molecule has 1 aromatic rings. The number of nitrogens with one attached hydrogen (secondary N) is 1. The van der Waals surface area contributed by atoms with E-state index in [0.29, 0.717) is 5.69 Å². The summed E-state index contributed by atoms with van der Waals surface area (Å²) < 4.78 is 22.2. The molecule has 0 spiro atoms. The van der Waals surface area contributed by atoms with Gasteiger partial charge in [-0.15, -0.1) is 0 Å². The van der Waals surface area contributed by atoms with Crippen molar-refractivity contribution in [3.63, 3.8) is 0 Å². The van der Waals surface area contributed by atoms with Crippen LogP contribution in [0.5, 0.6) is 0 Å². The highest BCUT2D eigenvalue weighted by Gasteiger charge is 2.09. The average Bonchev–Trinajstić information content (AvgIpc) is 2.17. The number of pyridine rings is 1. The predicted molar refractivity (Wildman–Crippen MR) is 60.1 cm³/mol. The molecule has 0 fully saturated rings. The summed E-state index contributed by atoms with van der Waals surface area (Å²) in [6, 6.07) is 2.54. The molecule has 0 unspecified atom stereocenters. The van der Waals surface area contributed by atoms with E-state index >= 15 is 0 Å². The maximum absolute atomic E-state index is 11.3. The Balaban J connectivity index is 2.84. The number of hydrogen-bond acceptors (Lipinski definition) is 4. The van der Waals surface area contributed by atoms with E-state index in [1.54, 1.807) is 14.1 Å². The van der Waals surface area contributed by atoms with Crippen LogP contribution < -0.4 is 5.32 Å². The average molecular weight is 243 g/mol. The van der Waals surface area contributed by atoms with E-state index in [9.17, 15) is 13.2 Å². The third-order valence-electron chi connectivity index (χ3n) is 1.77. The van der Waals surface area contributed by atoms with Crippen molar-refractivity contribution >= 4 is 21.6 Å². The lowest BCUT2D eigenvalue weighted by atomic mass is 10.4. The molecule has 0 saturated carbocycles. The van der Waals surface area contributed by atoms with Crippen LogP contribution in [-0.4, -0.2) is 44.7 Å². The highest BCUT2D eigenvalue weighted by Crippen LogP contribution is 2.10. The summed E-state index contributed by atoms with van der Waals surface area (Å²) in [6.45, 7) is 0. The van der Waals surface area contributed by atoms with Crippen LogP contribution in [0.15, 0.2) is 23.4 Å². The van der Waals surface area contributed by atoms with Crippen molar-refractivity contribution in [3.05, 3.63) is 18.3 Å². The van der Waals surface area contributed by atoms with Crippen molar-refractivity contribution in [3.8, 4) is 0 Å². The molecule has 0 saturated heterocycles. The second kappa shape index (κ2) is 4.48. The van der Waals surface area contributed by atoms with Gasteiger partial charge in [0.25, 0.3) is 0 Å². The second-order valence-corrected chi connectivity index (χ2v) is 5.44. The maximum Gasteiger partial charge on any atom is 0.321 e. The van der Waals surface area contributed by atoms with Gasteiger partial charge in [-0.1, -0.05) is 0 Å². The van der Waals surface area contributed by atoms with Crippen LogP contribution >= 0.6 is 0 Å². The largest absolute Gasteiger partial charge is 0.331 e. The van der Waals surface area contributed by atoms with Gasteiger partial charge in [-0.3, -0.25) is 0 Å². The Bertz CT molecular complexity index is 479. The summed E-state index contributed by atoms with van der Waals surface area (Å²) in [5.74, 6) is 0. The molecule has 0 aliphatic rings. The zero-order valence-corrected chi connectivity index (χ0v) is 10.1. The number of carbonyl (C=O) groups is 1. The first-order valence-corrected chi connectivity index (χ1v) is 6.34. The molecule has 2 amide bonds. The zero-order valence-electron chi connectivity index (χ0n) is 9.26. The Labute approximate surface area is 94.2 Å². The molecule has 1 rings (SSSR count). The fourth-order valence-electron chi connectivity index (χ4n) is 0.909. The summed E-state index contributed by atoms with van der Waals surface area (Å²) in [5.41, 5.74) is 0.450. The van der Waals surface area contributed by atoms with Gasteiger partial charge in [-0.25, -0.2) is 18.2 Å². The molecule has 88 valence electrons. The number of hydrogen-bond donors (Lipinski definition) is 1. The van der Waals surface area contributed by atoms with E-state index in [1.807, 2.05) is 0 Å². The van der Waals surface area contributed by atoms with Crippen LogP contribution in [0.2, 0.25) is 0 Å². The van der Waals surface area contributed by atoms with Gasteiger partial charge in [0.05, 0.1) is 11.9 Å². The first-order chi connectivity index (χ1) is 7.30. The first kappa shape index (κ1) is 12.4. The first-order valence-electron chi connectivity index (χ1n) is 4.45. The topological polar surface area (TPSA) is 79.4 Å². The lowest BCUT2D eigenvalue weighted by Gasteiger charge is -2.11. The third kappa shape index (κ3) is 3.20. The van der Waals surface area contributed by atoms with Gasteiger partial charge in [-0.2, -0.15) is 0 Å². The smallest absolute Gasteiger partial charge is 0.321 e. The van der Waals surface area contributed by atoms with Crippen LogP contribution in [0.3, 0.4) is 0 Å². The molecule has 1 heterocycles. The Hall–Kier alpha value is -1.63. The number of aromatic nitrogens is 1. The van der Waals surface area contributed by atoms with Gasteiger partial charge in [-0.05, 0) is 12.1 Å². The molecule has 0 aliphatic heterocycles. The molecule has 0 bridgehead atoms. The molecule has 0 atom stereocenters. The molecule has 16 heavy (non-hydrogen) atoms. The summed E-state index contributed by atoms with van der Waals surface area (Å²) in [7, 11) is -0.0890. The molecule has 1 aromatic heterocycles. The third-order valence-corrected chi connectivity index (χ3v) is 2.77. The molecule has 0 aromatic carbocycles. The van der Waals surface area contributed by atoms with E-state index in [1.165, 1.54) is 23.2 Å². The molecular weight excluding hydrogens is 230 g/mol. The van der Waals surface area contributed by atoms with Crippen molar-refractivity contribution in [2.45, 2.75) is 5.03 Å². The Morgan fingerprint density at radius 1 is 1.38 bits per heavy atom. The minimum absolute atomic E-state index is 0.0182. The molecule has 1 N–H and O–H groups in total. The zero-order chi connectivity index (χ0) is 12.3.